The van der Waals surface area contributed by atoms with E-state index in [1.807, 2.05) is 0 Å². The van der Waals surface area contributed by atoms with Crippen LogP contribution in [0.3, 0.4) is 0 Å². The fourth-order valence-electron chi connectivity index (χ4n) is 1.75. The highest BCUT2D eigenvalue weighted by atomic mass is 16.7. The highest BCUT2D eigenvalue weighted by Crippen LogP contribution is 2.20. The Morgan fingerprint density at radius 2 is 1.70 bits per heavy atom. The minimum Gasteiger partial charge on any atom is -0.461 e. The monoisotopic (exact) mass is 337 g/mol. The van der Waals surface area contributed by atoms with E-state index < -0.39 is 61.5 Å². The van der Waals surface area contributed by atoms with Crippen molar-refractivity contribution in [3.05, 3.63) is 0 Å². The summed E-state index contributed by atoms with van der Waals surface area (Å²) in [5.74, 6) is -0.832. The van der Waals surface area contributed by atoms with E-state index in [1.54, 1.807) is 20.8 Å². The summed E-state index contributed by atoms with van der Waals surface area (Å²) in [6.07, 6.45) is -8.56. The Morgan fingerprint density at radius 3 is 2.26 bits per heavy atom. The van der Waals surface area contributed by atoms with E-state index in [2.05, 4.69) is 5.32 Å². The number of rotatable bonds is 4. The van der Waals surface area contributed by atoms with Crippen molar-refractivity contribution < 1.29 is 44.2 Å². The Bertz CT molecular complexity index is 422. The number of alkyl carbamates (subject to hydrolysis) is 1. The molecule has 1 aliphatic heterocycles. The Morgan fingerprint density at radius 1 is 1.09 bits per heavy atom. The molecule has 1 aliphatic rings. The van der Waals surface area contributed by atoms with E-state index in [-0.39, 0.29) is 0 Å². The second-order valence-electron chi connectivity index (χ2n) is 6.08. The minimum atomic E-state index is -1.71. The molecule has 0 saturated carbocycles. The fraction of sp³-hybridized carbons (Fsp3) is 0.846. The first-order chi connectivity index (χ1) is 10.5. The molecule has 0 radical (unpaired) electrons. The highest BCUT2D eigenvalue weighted by Gasteiger charge is 2.43. The molecule has 1 amide bonds. The number of carbonyl (C=O) groups is 2. The molecular formula is C13H23NO9. The van der Waals surface area contributed by atoms with Crippen molar-refractivity contribution in [3.8, 4) is 0 Å². The van der Waals surface area contributed by atoms with Crippen molar-refractivity contribution in [3.63, 3.8) is 0 Å². The molecule has 23 heavy (non-hydrogen) atoms. The first kappa shape index (κ1) is 19.6. The molecule has 10 nitrogen and oxygen atoms in total. The van der Waals surface area contributed by atoms with Gasteiger partial charge in [-0.25, -0.2) is 4.79 Å². The topological polar surface area (TPSA) is 155 Å². The quantitative estimate of drug-likeness (QED) is 0.361. The summed E-state index contributed by atoms with van der Waals surface area (Å²) >= 11 is 0. The number of aliphatic hydroxyl groups is 4. The van der Waals surface area contributed by atoms with Crippen molar-refractivity contribution >= 4 is 12.1 Å². The van der Waals surface area contributed by atoms with Gasteiger partial charge in [-0.15, -0.1) is 0 Å². The van der Waals surface area contributed by atoms with Gasteiger partial charge in [0.2, 0.25) is 0 Å². The molecular weight excluding hydrogens is 314 g/mol. The molecule has 3 unspecified atom stereocenters. The standard InChI is InChI=1S/C13H23NO9/c1-13(2,3)23-12(20)14-4-7(15)21-5-6-8(16)9(17)10(18)11(19)22-6/h6,8-11,16-19H,4-5H2,1-3H3,(H,14,20)/t6?,8-,9?,10?,11+/m1/s1. The predicted molar refractivity (Wildman–Crippen MR) is 74.1 cm³/mol. The lowest BCUT2D eigenvalue weighted by molar-refractivity contribution is -0.287. The number of carbonyl (C=O) groups excluding carboxylic acids is 2. The second kappa shape index (κ2) is 7.88. The molecule has 0 spiro atoms. The van der Waals surface area contributed by atoms with Gasteiger partial charge in [-0.2, -0.15) is 0 Å². The summed E-state index contributed by atoms with van der Waals surface area (Å²) in [7, 11) is 0. The summed E-state index contributed by atoms with van der Waals surface area (Å²) in [5.41, 5.74) is -0.707. The number of aliphatic hydroxyl groups excluding tert-OH is 4. The van der Waals surface area contributed by atoms with Crippen LogP contribution in [-0.2, 0) is 19.0 Å². The number of esters is 1. The number of amides is 1. The van der Waals surface area contributed by atoms with Crippen LogP contribution < -0.4 is 5.32 Å². The fourth-order valence-corrected chi connectivity index (χ4v) is 1.75. The van der Waals surface area contributed by atoms with Gasteiger partial charge >= 0.3 is 12.1 Å². The van der Waals surface area contributed by atoms with Crippen LogP contribution in [0.4, 0.5) is 4.79 Å². The van der Waals surface area contributed by atoms with Crippen molar-refractivity contribution in [1.82, 2.24) is 5.32 Å². The average Bonchev–Trinajstić information content (AvgIpc) is 2.43. The van der Waals surface area contributed by atoms with E-state index in [4.69, 9.17) is 14.2 Å². The smallest absolute Gasteiger partial charge is 0.408 e. The SMILES string of the molecule is CC(C)(C)OC(=O)NCC(=O)OCC1O[C@H](O)C(O)C(O)[C@@H]1O. The summed E-state index contributed by atoms with van der Waals surface area (Å²) in [6, 6.07) is 0. The molecule has 1 fully saturated rings. The Balaban J connectivity index is 2.34. The normalized spacial score (nSPS) is 31.3. The van der Waals surface area contributed by atoms with Gasteiger partial charge in [0.15, 0.2) is 6.29 Å². The molecule has 1 heterocycles. The highest BCUT2D eigenvalue weighted by molar-refractivity contribution is 5.78. The van der Waals surface area contributed by atoms with Gasteiger partial charge in [-0.1, -0.05) is 0 Å². The van der Waals surface area contributed by atoms with Gasteiger partial charge in [0, 0.05) is 0 Å². The van der Waals surface area contributed by atoms with Gasteiger partial charge in [-0.3, -0.25) is 4.79 Å². The van der Waals surface area contributed by atoms with Crippen LogP contribution in [0.25, 0.3) is 0 Å². The van der Waals surface area contributed by atoms with Gasteiger partial charge in [0.05, 0.1) is 0 Å². The molecule has 1 rings (SSSR count). The molecule has 134 valence electrons. The maximum absolute atomic E-state index is 11.5. The molecule has 0 aromatic heterocycles. The summed E-state index contributed by atoms with van der Waals surface area (Å²) in [4.78, 5) is 22.8. The van der Waals surface area contributed by atoms with Gasteiger partial charge in [0.25, 0.3) is 0 Å². The zero-order valence-corrected chi connectivity index (χ0v) is 13.1. The van der Waals surface area contributed by atoms with E-state index in [0.29, 0.717) is 0 Å². The van der Waals surface area contributed by atoms with Crippen LogP contribution in [0.5, 0.6) is 0 Å². The zero-order chi connectivity index (χ0) is 17.8. The summed E-state index contributed by atoms with van der Waals surface area (Å²) < 4.78 is 14.5. The first-order valence-electron chi connectivity index (χ1n) is 7.01. The van der Waals surface area contributed by atoms with Crippen LogP contribution in [0.15, 0.2) is 0 Å². The van der Waals surface area contributed by atoms with Crippen molar-refractivity contribution in [2.45, 2.75) is 57.1 Å². The lowest BCUT2D eigenvalue weighted by Crippen LogP contribution is -2.58. The number of hydrogen-bond acceptors (Lipinski definition) is 9. The van der Waals surface area contributed by atoms with Gasteiger partial charge in [0.1, 0.15) is 43.2 Å². The Kier molecular flexibility index (Phi) is 6.71. The van der Waals surface area contributed by atoms with E-state index in [1.165, 1.54) is 0 Å². The molecule has 0 aromatic rings. The lowest BCUT2D eigenvalue weighted by atomic mass is 9.99. The van der Waals surface area contributed by atoms with Crippen LogP contribution in [0, 0.1) is 0 Å². The molecule has 0 aromatic carbocycles. The first-order valence-corrected chi connectivity index (χ1v) is 7.01. The largest absolute Gasteiger partial charge is 0.461 e. The molecule has 1 saturated heterocycles. The molecule has 10 heteroatoms. The van der Waals surface area contributed by atoms with Crippen molar-refractivity contribution in [1.29, 1.82) is 0 Å². The Hall–Kier alpha value is -1.46. The third-order valence-corrected chi connectivity index (χ3v) is 2.87. The second-order valence-corrected chi connectivity index (χ2v) is 6.08. The lowest BCUT2D eigenvalue weighted by Gasteiger charge is -2.37. The number of nitrogens with one attached hydrogen (secondary N) is 1. The maximum Gasteiger partial charge on any atom is 0.408 e. The average molecular weight is 337 g/mol. The van der Waals surface area contributed by atoms with Crippen LogP contribution in [0.1, 0.15) is 20.8 Å². The summed E-state index contributed by atoms with van der Waals surface area (Å²) in [5, 5.41) is 39.9. The van der Waals surface area contributed by atoms with Crippen LogP contribution in [-0.4, -0.2) is 81.9 Å². The number of ether oxygens (including phenoxy) is 3. The summed E-state index contributed by atoms with van der Waals surface area (Å²) in [6.45, 7) is 4.05. The maximum atomic E-state index is 11.5. The van der Waals surface area contributed by atoms with Gasteiger partial charge in [-0.05, 0) is 20.8 Å². The Labute approximate surface area is 133 Å². The predicted octanol–water partition coefficient (Wildman–Crippen LogP) is -2.15. The number of hydrogen-bond donors (Lipinski definition) is 5. The molecule has 0 bridgehead atoms. The van der Waals surface area contributed by atoms with E-state index in [0.717, 1.165) is 0 Å². The third-order valence-electron chi connectivity index (χ3n) is 2.87. The molecule has 0 aliphatic carbocycles. The molecule has 5 N–H and O–H groups in total. The van der Waals surface area contributed by atoms with E-state index >= 15 is 0 Å². The van der Waals surface area contributed by atoms with Crippen molar-refractivity contribution in [2.24, 2.45) is 0 Å². The molecule has 5 atom stereocenters. The third kappa shape index (κ3) is 6.28. The van der Waals surface area contributed by atoms with Crippen LogP contribution in [0.2, 0.25) is 0 Å². The van der Waals surface area contributed by atoms with Crippen LogP contribution >= 0.6 is 0 Å². The van der Waals surface area contributed by atoms with Crippen molar-refractivity contribution in [2.75, 3.05) is 13.2 Å². The van der Waals surface area contributed by atoms with Gasteiger partial charge < -0.3 is 40.0 Å². The zero-order valence-electron chi connectivity index (χ0n) is 13.1. The minimum absolute atomic E-state index is 0.467. The van der Waals surface area contributed by atoms with E-state index in [9.17, 15) is 30.0 Å².